The van der Waals surface area contributed by atoms with Crippen molar-refractivity contribution < 1.29 is 19.1 Å². The fourth-order valence-electron chi connectivity index (χ4n) is 5.19. The number of fused-ring (bicyclic) bond motifs is 5. The predicted molar refractivity (Wildman–Crippen MR) is 172 cm³/mol. The molecule has 2 amide bonds. The van der Waals surface area contributed by atoms with Gasteiger partial charge in [-0.05, 0) is 52.3 Å². The molecule has 2 aromatic carbocycles. The van der Waals surface area contributed by atoms with E-state index in [4.69, 9.17) is 4.74 Å². The summed E-state index contributed by atoms with van der Waals surface area (Å²) < 4.78 is 7.95. The molecule has 44 heavy (non-hydrogen) atoms. The van der Waals surface area contributed by atoms with Crippen molar-refractivity contribution >= 4 is 23.3 Å². The molecule has 4 rings (SSSR count). The zero-order chi connectivity index (χ0) is 31.9. The minimum atomic E-state index is -0.453. The van der Waals surface area contributed by atoms with Crippen LogP contribution in [0.2, 0.25) is 0 Å². The monoisotopic (exact) mass is 602 g/mol. The maximum Gasteiger partial charge on any atom is 0.227 e. The number of nitrogens with zero attached hydrogens (tertiary/aromatic N) is 4. The van der Waals surface area contributed by atoms with Gasteiger partial charge in [0.2, 0.25) is 11.8 Å². The van der Waals surface area contributed by atoms with E-state index in [0.717, 1.165) is 40.3 Å². The van der Waals surface area contributed by atoms with E-state index in [0.29, 0.717) is 39.1 Å². The molecule has 2 N–H and O–H groups in total. The Hall–Kier alpha value is -3.89. The zero-order valence-electron chi connectivity index (χ0n) is 26.9. The van der Waals surface area contributed by atoms with Crippen molar-refractivity contribution in [2.75, 3.05) is 31.6 Å². The number of ketones is 1. The largest absolute Gasteiger partial charge is 0.375 e. The molecule has 0 bridgehead atoms. The quantitative estimate of drug-likeness (QED) is 0.273. The molecule has 0 unspecified atom stereocenters. The van der Waals surface area contributed by atoms with Crippen LogP contribution in [-0.4, -0.2) is 64.9 Å². The number of anilines is 1. The number of ether oxygens (including phenoxy) is 1. The molecule has 0 radical (unpaired) electrons. The zero-order valence-corrected chi connectivity index (χ0v) is 26.9. The number of likely N-dealkylation sites (N-methyl/N-ethyl adjacent to an activating group) is 1. The maximum atomic E-state index is 13.7. The van der Waals surface area contributed by atoms with Crippen LogP contribution in [0, 0.1) is 5.41 Å². The van der Waals surface area contributed by atoms with Crippen LogP contribution in [0.1, 0.15) is 65.9 Å². The summed E-state index contributed by atoms with van der Waals surface area (Å²) in [5, 5.41) is 15.2. The fraction of sp³-hybridized carbons (Fsp3) is 0.500. The summed E-state index contributed by atoms with van der Waals surface area (Å²) in [5.74, 6) is -0.172. The fourth-order valence-corrected chi connectivity index (χ4v) is 5.19. The van der Waals surface area contributed by atoms with Crippen molar-refractivity contribution in [2.24, 2.45) is 5.41 Å². The molecule has 236 valence electrons. The van der Waals surface area contributed by atoms with Crippen LogP contribution < -0.4 is 15.5 Å². The van der Waals surface area contributed by atoms with E-state index >= 15 is 0 Å². The van der Waals surface area contributed by atoms with Gasteiger partial charge in [0.25, 0.3) is 0 Å². The first-order valence-corrected chi connectivity index (χ1v) is 15.4. The van der Waals surface area contributed by atoms with E-state index in [1.54, 1.807) is 11.8 Å². The summed E-state index contributed by atoms with van der Waals surface area (Å²) in [6.07, 6.45) is 1.41. The minimum Gasteiger partial charge on any atom is -0.375 e. The molecular formula is C34H46N6O4. The minimum absolute atomic E-state index is 0.0735. The molecule has 2 heterocycles. The van der Waals surface area contributed by atoms with Gasteiger partial charge in [0.05, 0.1) is 30.1 Å². The normalized spacial score (nSPS) is 12.9. The third-order valence-electron chi connectivity index (χ3n) is 8.45. The Morgan fingerprint density at radius 1 is 0.932 bits per heavy atom. The van der Waals surface area contributed by atoms with Crippen LogP contribution in [0.15, 0.2) is 48.5 Å². The maximum absolute atomic E-state index is 13.7. The van der Waals surface area contributed by atoms with Crippen molar-refractivity contribution in [2.45, 2.75) is 79.0 Å². The highest BCUT2D eigenvalue weighted by Crippen LogP contribution is 2.41. The number of benzene rings is 2. The predicted octanol–water partition coefficient (Wildman–Crippen LogP) is 4.77. The lowest BCUT2D eigenvalue weighted by Crippen LogP contribution is -2.35. The Labute approximate surface area is 260 Å². The number of hydrogen-bond donors (Lipinski definition) is 2. The van der Waals surface area contributed by atoms with Crippen LogP contribution in [0.25, 0.3) is 22.5 Å². The molecule has 0 saturated heterocycles. The van der Waals surface area contributed by atoms with Crippen LogP contribution >= 0.6 is 0 Å². The first-order valence-electron chi connectivity index (χ1n) is 15.4. The van der Waals surface area contributed by atoms with Crippen LogP contribution in [0.4, 0.5) is 5.69 Å². The summed E-state index contributed by atoms with van der Waals surface area (Å²) in [4.78, 5) is 40.0. The summed E-state index contributed by atoms with van der Waals surface area (Å²) in [6.45, 7) is 12.1. The molecule has 0 saturated carbocycles. The lowest BCUT2D eigenvalue weighted by atomic mass is 9.86. The number of para-hydroxylation sites is 1. The van der Waals surface area contributed by atoms with Gasteiger partial charge in [-0.25, -0.2) is 4.68 Å². The van der Waals surface area contributed by atoms with E-state index in [1.807, 2.05) is 88.0 Å². The average Bonchev–Trinajstić information content (AvgIpc) is 3.39. The van der Waals surface area contributed by atoms with Gasteiger partial charge in [-0.2, -0.15) is 0 Å². The molecule has 1 aromatic heterocycles. The molecule has 0 aliphatic carbocycles. The number of carbonyl (C=O) groups excluding carboxylic acids is 3. The number of aromatic nitrogens is 3. The van der Waals surface area contributed by atoms with Crippen LogP contribution in [0.3, 0.4) is 0 Å². The first kappa shape index (κ1) is 33.0. The van der Waals surface area contributed by atoms with Gasteiger partial charge in [0.1, 0.15) is 11.5 Å². The topological polar surface area (TPSA) is 118 Å². The molecule has 3 aromatic rings. The molecule has 0 fully saturated rings. The number of carbonyl (C=O) groups is 3. The smallest absolute Gasteiger partial charge is 0.227 e. The highest BCUT2D eigenvalue weighted by Gasteiger charge is 2.29. The Bertz CT molecular complexity index is 1480. The van der Waals surface area contributed by atoms with Crippen molar-refractivity contribution in [1.82, 2.24) is 25.6 Å². The van der Waals surface area contributed by atoms with E-state index in [9.17, 15) is 14.4 Å². The number of amides is 2. The van der Waals surface area contributed by atoms with Crippen molar-refractivity contribution in [3.8, 4) is 22.5 Å². The standard InChI is InChI=1S/C34H46N6O4/c1-24(41)33(2,3)18-22-44-34(4,5)17-19-36-29(42)15-16-30(43)39-23-25-11-7-8-12-26(25)32-31(27-13-9-10-14-28(27)39)37-38-40(32)21-20-35-6/h7-14,35H,15-23H2,1-6H3,(H,36,42). The molecule has 1 aliphatic heterocycles. The molecule has 10 heteroatoms. The van der Waals surface area contributed by atoms with E-state index < -0.39 is 11.0 Å². The second-order valence-corrected chi connectivity index (χ2v) is 12.7. The van der Waals surface area contributed by atoms with Gasteiger partial charge in [0.15, 0.2) is 0 Å². The molecule has 10 nitrogen and oxygen atoms in total. The summed E-state index contributed by atoms with van der Waals surface area (Å²) in [5.41, 5.74) is 4.36. The SMILES string of the molecule is CNCCn1nnc2c1-c1ccccc1CN(C(=O)CCC(=O)NCCC(C)(C)OCCC(C)(C)C(C)=O)c1ccccc1-2. The Morgan fingerprint density at radius 2 is 1.64 bits per heavy atom. The third kappa shape index (κ3) is 7.98. The number of hydrogen-bond acceptors (Lipinski definition) is 7. The second-order valence-electron chi connectivity index (χ2n) is 12.7. The van der Waals surface area contributed by atoms with E-state index in [-0.39, 0.29) is 30.4 Å². The molecular weight excluding hydrogens is 556 g/mol. The molecule has 0 atom stereocenters. The summed E-state index contributed by atoms with van der Waals surface area (Å²) in [6, 6.07) is 15.8. The highest BCUT2D eigenvalue weighted by molar-refractivity contribution is 6.01. The molecule has 1 aliphatic rings. The van der Waals surface area contributed by atoms with Gasteiger partial charge < -0.3 is 20.3 Å². The lowest BCUT2D eigenvalue weighted by Gasteiger charge is -2.29. The first-order chi connectivity index (χ1) is 20.9. The van der Waals surface area contributed by atoms with E-state index in [1.165, 1.54) is 0 Å². The summed E-state index contributed by atoms with van der Waals surface area (Å²) >= 11 is 0. The number of rotatable bonds is 14. The Balaban J connectivity index is 1.41. The lowest BCUT2D eigenvalue weighted by molar-refractivity contribution is -0.127. The van der Waals surface area contributed by atoms with Crippen molar-refractivity contribution in [3.63, 3.8) is 0 Å². The van der Waals surface area contributed by atoms with Gasteiger partial charge in [-0.15, -0.1) is 5.10 Å². The number of nitrogens with one attached hydrogen (secondary N) is 2. The van der Waals surface area contributed by atoms with Gasteiger partial charge in [-0.3, -0.25) is 14.4 Å². The van der Waals surface area contributed by atoms with Crippen LogP contribution in [-0.2, 0) is 32.2 Å². The second kappa shape index (κ2) is 14.3. The third-order valence-corrected chi connectivity index (χ3v) is 8.45. The average molecular weight is 603 g/mol. The van der Waals surface area contributed by atoms with Crippen molar-refractivity contribution in [1.29, 1.82) is 0 Å². The number of Topliss-reactive ketones (excluding diaryl/α,β-unsaturated/α-hetero) is 1. The van der Waals surface area contributed by atoms with Gasteiger partial charge in [0, 0.05) is 49.1 Å². The van der Waals surface area contributed by atoms with E-state index in [2.05, 4.69) is 20.9 Å². The van der Waals surface area contributed by atoms with Gasteiger partial charge >= 0.3 is 0 Å². The summed E-state index contributed by atoms with van der Waals surface area (Å²) in [7, 11) is 1.91. The van der Waals surface area contributed by atoms with Crippen molar-refractivity contribution in [3.05, 3.63) is 54.1 Å². The Morgan fingerprint density at radius 3 is 2.36 bits per heavy atom. The highest BCUT2D eigenvalue weighted by atomic mass is 16.5. The van der Waals surface area contributed by atoms with Gasteiger partial charge in [-0.1, -0.05) is 61.5 Å². The molecule has 0 spiro atoms. The van der Waals surface area contributed by atoms with Crippen LogP contribution in [0.5, 0.6) is 0 Å². The Kier molecular flexibility index (Phi) is 10.7.